The third-order valence-corrected chi connectivity index (χ3v) is 8.10. The molecule has 3 heterocycles. The Morgan fingerprint density at radius 3 is 2.59 bits per heavy atom. The van der Waals surface area contributed by atoms with E-state index in [1.807, 2.05) is 18.2 Å². The fraction of sp³-hybridized carbons (Fsp3) is 0.267. The third kappa shape index (κ3) is 6.23. The lowest BCUT2D eigenvalue weighted by atomic mass is 10.0. The van der Waals surface area contributed by atoms with Crippen molar-refractivity contribution in [2.75, 3.05) is 19.0 Å². The average molecular weight is 639 g/mol. The van der Waals surface area contributed by atoms with E-state index in [4.69, 9.17) is 27.9 Å². The lowest BCUT2D eigenvalue weighted by Crippen LogP contribution is -2.40. The molecule has 12 nitrogen and oxygen atoms in total. The normalized spacial score (nSPS) is 14.4. The molecule has 1 aliphatic heterocycles. The molecule has 0 unspecified atom stereocenters. The van der Waals surface area contributed by atoms with Crippen LogP contribution in [0.5, 0.6) is 5.75 Å². The largest absolute Gasteiger partial charge is 0.496 e. The Labute approximate surface area is 262 Å². The van der Waals surface area contributed by atoms with Crippen LogP contribution in [0.15, 0.2) is 58.5 Å². The van der Waals surface area contributed by atoms with E-state index in [2.05, 4.69) is 25.9 Å². The Morgan fingerprint density at radius 2 is 1.86 bits per heavy atom. The summed E-state index contributed by atoms with van der Waals surface area (Å²) < 4.78 is 7.64. The van der Waals surface area contributed by atoms with Crippen molar-refractivity contribution < 1.29 is 14.3 Å². The van der Waals surface area contributed by atoms with Crippen molar-refractivity contribution in [3.8, 4) is 28.3 Å². The molecular weight excluding hydrogens is 609 g/mol. The highest BCUT2D eigenvalue weighted by atomic mass is 35.5. The molecule has 0 saturated carbocycles. The summed E-state index contributed by atoms with van der Waals surface area (Å²) in [6.07, 6.45) is 3.90. The number of hydrogen-bond acceptors (Lipinski definition) is 8. The molecule has 1 atom stereocenters. The Hall–Kier alpha value is -4.52. The van der Waals surface area contributed by atoms with Crippen LogP contribution >= 0.6 is 23.2 Å². The van der Waals surface area contributed by atoms with Crippen LogP contribution < -0.4 is 31.9 Å². The van der Waals surface area contributed by atoms with E-state index < -0.39 is 17.2 Å². The van der Waals surface area contributed by atoms with Gasteiger partial charge in [0, 0.05) is 62.5 Å². The second kappa shape index (κ2) is 13.0. The van der Waals surface area contributed by atoms with E-state index in [0.29, 0.717) is 47.8 Å². The van der Waals surface area contributed by atoms with E-state index in [-0.39, 0.29) is 33.2 Å². The van der Waals surface area contributed by atoms with Gasteiger partial charge in [-0.15, -0.1) is 0 Å². The number of nitrogens with zero attached hydrogens (tertiary/aromatic N) is 4. The molecule has 0 aliphatic carbocycles. The van der Waals surface area contributed by atoms with Gasteiger partial charge in [-0.05, 0) is 18.6 Å². The first-order valence-electron chi connectivity index (χ1n) is 13.6. The number of benzene rings is 2. The number of nitrogens with one attached hydrogen (secondary N) is 3. The monoisotopic (exact) mass is 637 g/mol. The van der Waals surface area contributed by atoms with Crippen LogP contribution in [0, 0.1) is 0 Å². The standard InChI is InChI=1S/C30H29Cl2N7O5/c1-38-14-20(29(42)39(2)30(38)43)28(41)37-21-6-4-5-19(24(21)31)27-25(32)26(34-15-35-27)16-7-8-17(22(11-16)44-3)12-33-13-18-9-10-23(40)36-18/h4-8,11,14-15,18,33H,9-10,12-13H2,1-3H3,(H,36,40)(H,37,41)/t18-/m1/s1. The second-order valence-corrected chi connectivity index (χ2v) is 11.0. The molecule has 5 rings (SSSR count). The molecule has 1 aliphatic rings. The highest BCUT2D eigenvalue weighted by molar-refractivity contribution is 6.39. The molecule has 2 amide bonds. The zero-order valence-electron chi connectivity index (χ0n) is 24.1. The van der Waals surface area contributed by atoms with E-state index in [1.54, 1.807) is 25.3 Å². The fourth-order valence-corrected chi connectivity index (χ4v) is 5.54. The number of hydrogen-bond donors (Lipinski definition) is 3. The van der Waals surface area contributed by atoms with Gasteiger partial charge in [0.1, 0.15) is 17.6 Å². The molecule has 4 aromatic rings. The van der Waals surface area contributed by atoms with E-state index in [1.165, 1.54) is 26.6 Å². The molecular formula is C30H29Cl2N7O5. The van der Waals surface area contributed by atoms with Crippen molar-refractivity contribution in [2.45, 2.75) is 25.4 Å². The highest BCUT2D eigenvalue weighted by Gasteiger charge is 2.22. The molecule has 1 fully saturated rings. The molecule has 0 radical (unpaired) electrons. The number of amides is 2. The first-order chi connectivity index (χ1) is 21.1. The van der Waals surface area contributed by atoms with Crippen LogP contribution in [0.25, 0.3) is 22.5 Å². The van der Waals surface area contributed by atoms with Crippen molar-refractivity contribution in [1.29, 1.82) is 0 Å². The maximum atomic E-state index is 13.0. The van der Waals surface area contributed by atoms with Crippen molar-refractivity contribution in [3.63, 3.8) is 0 Å². The molecule has 1 saturated heterocycles. The van der Waals surface area contributed by atoms with Crippen molar-refractivity contribution in [2.24, 2.45) is 14.1 Å². The summed E-state index contributed by atoms with van der Waals surface area (Å²) in [5, 5.41) is 9.32. The Balaban J connectivity index is 1.40. The number of ether oxygens (including phenoxy) is 1. The molecule has 2 aromatic heterocycles. The fourth-order valence-electron chi connectivity index (χ4n) is 4.97. The van der Waals surface area contributed by atoms with Crippen LogP contribution in [0.2, 0.25) is 10.0 Å². The van der Waals surface area contributed by atoms with E-state index >= 15 is 0 Å². The summed E-state index contributed by atoms with van der Waals surface area (Å²) in [6, 6.07) is 10.7. The van der Waals surface area contributed by atoms with Gasteiger partial charge in [0.2, 0.25) is 5.91 Å². The first kappa shape index (κ1) is 30.9. The van der Waals surface area contributed by atoms with Crippen LogP contribution in [0.1, 0.15) is 28.8 Å². The summed E-state index contributed by atoms with van der Waals surface area (Å²) in [5.41, 5.74) is 1.52. The highest BCUT2D eigenvalue weighted by Crippen LogP contribution is 2.40. The predicted molar refractivity (Wildman–Crippen MR) is 167 cm³/mol. The van der Waals surface area contributed by atoms with Crippen molar-refractivity contribution >= 4 is 40.7 Å². The molecule has 228 valence electrons. The number of methoxy groups -OCH3 is 1. The Morgan fingerprint density at radius 1 is 1.09 bits per heavy atom. The van der Waals surface area contributed by atoms with Gasteiger partial charge in [-0.3, -0.25) is 19.0 Å². The van der Waals surface area contributed by atoms with Crippen LogP contribution in [-0.2, 0) is 25.4 Å². The zero-order chi connectivity index (χ0) is 31.5. The van der Waals surface area contributed by atoms with Crippen LogP contribution in [-0.4, -0.2) is 50.6 Å². The van der Waals surface area contributed by atoms with Gasteiger partial charge >= 0.3 is 5.69 Å². The number of carbonyl (C=O) groups excluding carboxylic acids is 2. The minimum Gasteiger partial charge on any atom is -0.496 e. The number of carbonyl (C=O) groups is 2. The topological polar surface area (TPSA) is 149 Å². The maximum Gasteiger partial charge on any atom is 0.330 e. The summed E-state index contributed by atoms with van der Waals surface area (Å²) in [7, 11) is 4.32. The number of rotatable bonds is 9. The minimum atomic E-state index is -0.735. The molecule has 0 bridgehead atoms. The molecule has 0 spiro atoms. The van der Waals surface area contributed by atoms with Gasteiger partial charge in [-0.25, -0.2) is 14.8 Å². The summed E-state index contributed by atoms with van der Waals surface area (Å²) in [6.45, 7) is 1.19. The van der Waals surface area contributed by atoms with Gasteiger partial charge in [0.05, 0.1) is 34.2 Å². The average Bonchev–Trinajstić information content (AvgIpc) is 3.44. The van der Waals surface area contributed by atoms with Gasteiger partial charge in [-0.1, -0.05) is 47.5 Å². The van der Waals surface area contributed by atoms with Gasteiger partial charge in [0.25, 0.3) is 11.5 Å². The van der Waals surface area contributed by atoms with Crippen LogP contribution in [0.3, 0.4) is 0 Å². The smallest absolute Gasteiger partial charge is 0.330 e. The predicted octanol–water partition coefficient (Wildman–Crippen LogP) is 3.14. The summed E-state index contributed by atoms with van der Waals surface area (Å²) in [4.78, 5) is 57.8. The molecule has 44 heavy (non-hydrogen) atoms. The minimum absolute atomic E-state index is 0.0750. The number of aromatic nitrogens is 4. The van der Waals surface area contributed by atoms with Crippen molar-refractivity contribution in [3.05, 3.63) is 90.9 Å². The van der Waals surface area contributed by atoms with E-state index in [0.717, 1.165) is 21.1 Å². The number of anilines is 1. The van der Waals surface area contributed by atoms with E-state index in [9.17, 15) is 19.2 Å². The lowest BCUT2D eigenvalue weighted by molar-refractivity contribution is -0.119. The van der Waals surface area contributed by atoms with Gasteiger partial charge in [0.15, 0.2) is 0 Å². The number of aryl methyl sites for hydroxylation is 1. The molecule has 3 N–H and O–H groups in total. The SMILES string of the molecule is COc1cc(-c2ncnc(-c3cccc(NC(=O)c4cn(C)c(=O)n(C)c4=O)c3Cl)c2Cl)ccc1CNC[C@H]1CCC(=O)N1. The number of halogens is 2. The first-order valence-corrected chi connectivity index (χ1v) is 14.4. The van der Waals surface area contributed by atoms with Gasteiger partial charge in [-0.2, -0.15) is 0 Å². The second-order valence-electron chi connectivity index (χ2n) is 10.3. The molecule has 2 aromatic carbocycles. The lowest BCUT2D eigenvalue weighted by Gasteiger charge is -2.15. The zero-order valence-corrected chi connectivity index (χ0v) is 25.6. The summed E-state index contributed by atoms with van der Waals surface area (Å²) >= 11 is 13.6. The Kier molecular flexibility index (Phi) is 9.14. The van der Waals surface area contributed by atoms with Crippen LogP contribution in [0.4, 0.5) is 5.69 Å². The molecule has 14 heteroatoms. The van der Waals surface area contributed by atoms with Gasteiger partial charge < -0.3 is 25.3 Å². The van der Waals surface area contributed by atoms with Crippen molar-refractivity contribution in [1.82, 2.24) is 29.7 Å². The summed E-state index contributed by atoms with van der Waals surface area (Å²) in [5.74, 6) is -0.0237. The third-order valence-electron chi connectivity index (χ3n) is 7.33. The maximum absolute atomic E-state index is 13.0. The Bertz CT molecular complexity index is 1890. The quantitative estimate of drug-likeness (QED) is 0.253.